The third-order valence-electron chi connectivity index (χ3n) is 3.68. The van der Waals surface area contributed by atoms with Gasteiger partial charge in [-0.05, 0) is 42.3 Å². The van der Waals surface area contributed by atoms with Gasteiger partial charge in [0.05, 0.1) is 4.90 Å². The Bertz CT molecular complexity index is 836. The topological polar surface area (TPSA) is 79.4 Å². The van der Waals surface area contributed by atoms with E-state index in [1.54, 1.807) is 30.6 Å². The molecule has 0 aliphatic heterocycles. The molecule has 0 saturated heterocycles. The fourth-order valence-electron chi connectivity index (χ4n) is 2.20. The lowest BCUT2D eigenvalue weighted by Gasteiger charge is -2.17. The van der Waals surface area contributed by atoms with Gasteiger partial charge in [0.2, 0.25) is 10.0 Å². The van der Waals surface area contributed by atoms with Crippen LogP contribution in [0.3, 0.4) is 0 Å². The first-order valence-corrected chi connectivity index (χ1v) is 9.23. The van der Waals surface area contributed by atoms with E-state index in [0.717, 1.165) is 5.56 Å². The summed E-state index contributed by atoms with van der Waals surface area (Å²) in [6.45, 7) is 4.18. The van der Waals surface area contributed by atoms with Crippen molar-refractivity contribution in [3.05, 3.63) is 72.6 Å². The molecule has 0 radical (unpaired) electrons. The van der Waals surface area contributed by atoms with E-state index in [-0.39, 0.29) is 10.8 Å². The van der Waals surface area contributed by atoms with Crippen molar-refractivity contribution in [1.29, 1.82) is 0 Å². The fourth-order valence-corrected chi connectivity index (χ4v) is 3.42. The number of nitrogens with one attached hydrogen (secondary N) is 1. The average molecular weight is 359 g/mol. The Kier molecular flexibility index (Phi) is 6.44. The molecule has 25 heavy (non-hydrogen) atoms. The standard InChI is InChI=1S/C18H21N3O3S/c1-3-10-20-18(22)16-5-4-6-17(14-16)25(23,24)21(2)13-9-15-7-11-19-12-8-15/h3-8,11-12,14H,1,9-10,13H2,2H3,(H,20,22). The maximum Gasteiger partial charge on any atom is 0.251 e. The lowest BCUT2D eigenvalue weighted by Crippen LogP contribution is -2.29. The molecule has 0 aliphatic carbocycles. The van der Waals surface area contributed by atoms with E-state index in [1.807, 2.05) is 12.1 Å². The van der Waals surface area contributed by atoms with Gasteiger partial charge in [-0.25, -0.2) is 12.7 Å². The first-order valence-electron chi connectivity index (χ1n) is 7.79. The molecule has 0 fully saturated rings. The Balaban J connectivity index is 2.12. The molecule has 1 aromatic heterocycles. The van der Waals surface area contributed by atoms with Gasteiger partial charge in [0.15, 0.2) is 0 Å². The van der Waals surface area contributed by atoms with Crippen molar-refractivity contribution in [3.8, 4) is 0 Å². The highest BCUT2D eigenvalue weighted by Crippen LogP contribution is 2.16. The van der Waals surface area contributed by atoms with Crippen LogP contribution in [0, 0.1) is 0 Å². The molecule has 0 bridgehead atoms. The van der Waals surface area contributed by atoms with Gasteiger partial charge in [-0.2, -0.15) is 0 Å². The summed E-state index contributed by atoms with van der Waals surface area (Å²) in [6.07, 6.45) is 5.49. The molecule has 0 unspecified atom stereocenters. The Labute approximate surface area is 148 Å². The molecule has 1 N–H and O–H groups in total. The molecule has 0 aliphatic rings. The van der Waals surface area contributed by atoms with E-state index in [9.17, 15) is 13.2 Å². The number of hydrogen-bond acceptors (Lipinski definition) is 4. The molecule has 2 aromatic rings. The Morgan fingerprint density at radius 3 is 2.68 bits per heavy atom. The van der Waals surface area contributed by atoms with Crippen LogP contribution in [-0.2, 0) is 16.4 Å². The minimum atomic E-state index is -3.67. The van der Waals surface area contributed by atoms with E-state index in [4.69, 9.17) is 0 Å². The molecular weight excluding hydrogens is 338 g/mol. The van der Waals surface area contributed by atoms with E-state index in [2.05, 4.69) is 16.9 Å². The molecule has 6 nitrogen and oxygen atoms in total. The summed E-state index contributed by atoms with van der Waals surface area (Å²) in [7, 11) is -2.14. The third-order valence-corrected chi connectivity index (χ3v) is 5.53. The number of hydrogen-bond donors (Lipinski definition) is 1. The predicted molar refractivity (Wildman–Crippen MR) is 96.7 cm³/mol. The number of sulfonamides is 1. The number of rotatable bonds is 8. The van der Waals surface area contributed by atoms with Gasteiger partial charge >= 0.3 is 0 Å². The summed E-state index contributed by atoms with van der Waals surface area (Å²) in [6, 6.07) is 9.72. The van der Waals surface area contributed by atoms with Crippen LogP contribution in [0.25, 0.3) is 0 Å². The Morgan fingerprint density at radius 1 is 1.28 bits per heavy atom. The number of aromatic nitrogens is 1. The van der Waals surface area contributed by atoms with Crippen LogP contribution in [0.2, 0.25) is 0 Å². The minimum absolute atomic E-state index is 0.0935. The maximum atomic E-state index is 12.7. The van der Waals surface area contributed by atoms with Gasteiger partial charge in [-0.3, -0.25) is 9.78 Å². The Hall–Kier alpha value is -2.51. The Morgan fingerprint density at radius 2 is 2.00 bits per heavy atom. The normalized spacial score (nSPS) is 11.3. The van der Waals surface area contributed by atoms with Crippen molar-refractivity contribution in [2.24, 2.45) is 0 Å². The largest absolute Gasteiger partial charge is 0.349 e. The highest BCUT2D eigenvalue weighted by atomic mass is 32.2. The van der Waals surface area contributed by atoms with Crippen LogP contribution >= 0.6 is 0 Å². The second-order valence-electron chi connectivity index (χ2n) is 5.46. The van der Waals surface area contributed by atoms with E-state index < -0.39 is 10.0 Å². The quantitative estimate of drug-likeness (QED) is 0.730. The highest BCUT2D eigenvalue weighted by molar-refractivity contribution is 7.89. The van der Waals surface area contributed by atoms with Crippen molar-refractivity contribution in [1.82, 2.24) is 14.6 Å². The molecule has 1 amide bonds. The SMILES string of the molecule is C=CCNC(=O)c1cccc(S(=O)(=O)N(C)CCc2ccncc2)c1. The van der Waals surface area contributed by atoms with Gasteiger partial charge in [0, 0.05) is 38.1 Å². The molecule has 1 aromatic carbocycles. The zero-order chi connectivity index (χ0) is 18.3. The van der Waals surface area contributed by atoms with Crippen LogP contribution < -0.4 is 5.32 Å². The molecule has 7 heteroatoms. The van der Waals surface area contributed by atoms with Crippen molar-refractivity contribution in [3.63, 3.8) is 0 Å². The summed E-state index contributed by atoms with van der Waals surface area (Å²) in [5.41, 5.74) is 1.31. The third kappa shape index (κ3) is 4.98. The van der Waals surface area contributed by atoms with Crippen LogP contribution in [0.4, 0.5) is 0 Å². The van der Waals surface area contributed by atoms with Crippen LogP contribution in [0.1, 0.15) is 15.9 Å². The van der Waals surface area contributed by atoms with Crippen LogP contribution in [0.15, 0.2) is 66.3 Å². The van der Waals surface area contributed by atoms with Crippen molar-refractivity contribution < 1.29 is 13.2 Å². The van der Waals surface area contributed by atoms with E-state index >= 15 is 0 Å². The van der Waals surface area contributed by atoms with Crippen LogP contribution in [0.5, 0.6) is 0 Å². The van der Waals surface area contributed by atoms with E-state index in [0.29, 0.717) is 25.1 Å². The number of amides is 1. The predicted octanol–water partition coefficient (Wildman–Crippen LogP) is 1.86. The summed E-state index contributed by atoms with van der Waals surface area (Å²) in [5.74, 6) is -0.337. The number of benzene rings is 1. The van der Waals surface area contributed by atoms with Gasteiger partial charge in [-0.15, -0.1) is 6.58 Å². The smallest absolute Gasteiger partial charge is 0.251 e. The second-order valence-corrected chi connectivity index (χ2v) is 7.50. The number of likely N-dealkylation sites (N-methyl/N-ethyl adjacent to an activating group) is 1. The highest BCUT2D eigenvalue weighted by Gasteiger charge is 2.21. The van der Waals surface area contributed by atoms with Gasteiger partial charge < -0.3 is 5.32 Å². The van der Waals surface area contributed by atoms with Crippen molar-refractivity contribution in [2.75, 3.05) is 20.1 Å². The molecular formula is C18H21N3O3S. The zero-order valence-corrected chi connectivity index (χ0v) is 14.9. The lowest BCUT2D eigenvalue weighted by molar-refractivity contribution is 0.0958. The zero-order valence-electron chi connectivity index (χ0n) is 14.1. The van der Waals surface area contributed by atoms with Crippen LogP contribution in [-0.4, -0.2) is 43.8 Å². The minimum Gasteiger partial charge on any atom is -0.349 e. The molecule has 0 atom stereocenters. The summed E-state index contributed by atoms with van der Waals surface area (Å²) < 4.78 is 26.7. The average Bonchev–Trinajstić information content (AvgIpc) is 2.65. The number of carbonyl (C=O) groups is 1. The van der Waals surface area contributed by atoms with Crippen molar-refractivity contribution in [2.45, 2.75) is 11.3 Å². The van der Waals surface area contributed by atoms with Gasteiger partial charge in [0.1, 0.15) is 0 Å². The maximum absolute atomic E-state index is 12.7. The molecule has 1 heterocycles. The lowest BCUT2D eigenvalue weighted by atomic mass is 10.2. The summed E-state index contributed by atoms with van der Waals surface area (Å²) in [4.78, 5) is 16.0. The number of carbonyl (C=O) groups excluding carboxylic acids is 1. The van der Waals surface area contributed by atoms with E-state index in [1.165, 1.54) is 23.5 Å². The number of nitrogens with zero attached hydrogens (tertiary/aromatic N) is 2. The fraction of sp³-hybridized carbons (Fsp3) is 0.222. The summed E-state index contributed by atoms with van der Waals surface area (Å²) >= 11 is 0. The number of pyridine rings is 1. The van der Waals surface area contributed by atoms with Gasteiger partial charge in [-0.1, -0.05) is 12.1 Å². The molecule has 0 spiro atoms. The van der Waals surface area contributed by atoms with Crippen molar-refractivity contribution >= 4 is 15.9 Å². The summed E-state index contributed by atoms with van der Waals surface area (Å²) in [5, 5.41) is 2.63. The molecule has 2 rings (SSSR count). The first kappa shape index (κ1) is 18.8. The monoisotopic (exact) mass is 359 g/mol. The second kappa shape index (κ2) is 8.55. The molecule has 0 saturated carbocycles. The molecule has 132 valence electrons. The first-order chi connectivity index (χ1) is 11.9. The van der Waals surface area contributed by atoms with Gasteiger partial charge in [0.25, 0.3) is 5.91 Å².